The van der Waals surface area contributed by atoms with Gasteiger partial charge in [-0.25, -0.2) is 0 Å². The van der Waals surface area contributed by atoms with E-state index in [1.807, 2.05) is 6.07 Å². The topological polar surface area (TPSA) is 64.6 Å². The minimum Gasteiger partial charge on any atom is -0.493 e. The number of halogens is 1. The molecule has 0 aliphatic carbocycles. The van der Waals surface area contributed by atoms with Crippen LogP contribution in [0.1, 0.15) is 28.8 Å². The highest BCUT2D eigenvalue weighted by molar-refractivity contribution is 6.30. The molecule has 0 aromatic heterocycles. The molecule has 0 radical (unpaired) electrons. The summed E-state index contributed by atoms with van der Waals surface area (Å²) in [7, 11) is 3.12. The van der Waals surface area contributed by atoms with Gasteiger partial charge in [0.05, 0.1) is 14.2 Å². The van der Waals surface area contributed by atoms with E-state index < -0.39 is 0 Å². The number of carbonyl (C=O) groups excluding carboxylic acids is 2. The van der Waals surface area contributed by atoms with Crippen molar-refractivity contribution in [3.05, 3.63) is 58.6 Å². The van der Waals surface area contributed by atoms with Crippen molar-refractivity contribution in [2.45, 2.75) is 19.4 Å². The van der Waals surface area contributed by atoms with Crippen LogP contribution in [-0.4, -0.2) is 25.9 Å². The quantitative estimate of drug-likeness (QED) is 0.729. The van der Waals surface area contributed by atoms with Gasteiger partial charge in [0.1, 0.15) is 0 Å². The maximum atomic E-state index is 12.0. The Hall–Kier alpha value is -2.53. The first kappa shape index (κ1) is 18.8. The number of ketones is 1. The molecule has 0 aliphatic rings. The first-order valence-electron chi connectivity index (χ1n) is 7.80. The molecule has 1 amide bonds. The van der Waals surface area contributed by atoms with Crippen LogP contribution < -0.4 is 14.8 Å². The molecule has 25 heavy (non-hydrogen) atoms. The van der Waals surface area contributed by atoms with Crippen LogP contribution in [0.15, 0.2) is 42.5 Å². The van der Waals surface area contributed by atoms with Crippen molar-refractivity contribution in [3.8, 4) is 11.5 Å². The number of hydrogen-bond donors (Lipinski definition) is 1. The van der Waals surface area contributed by atoms with Crippen molar-refractivity contribution in [3.63, 3.8) is 0 Å². The van der Waals surface area contributed by atoms with Crippen molar-refractivity contribution in [1.29, 1.82) is 0 Å². The predicted molar refractivity (Wildman–Crippen MR) is 96.4 cm³/mol. The van der Waals surface area contributed by atoms with Gasteiger partial charge in [-0.3, -0.25) is 9.59 Å². The highest BCUT2D eigenvalue weighted by Crippen LogP contribution is 2.27. The lowest BCUT2D eigenvalue weighted by Crippen LogP contribution is -2.23. The van der Waals surface area contributed by atoms with Crippen LogP contribution in [0, 0.1) is 0 Å². The second kappa shape index (κ2) is 9.08. The van der Waals surface area contributed by atoms with E-state index in [2.05, 4.69) is 5.32 Å². The first-order valence-corrected chi connectivity index (χ1v) is 8.17. The summed E-state index contributed by atoms with van der Waals surface area (Å²) in [6, 6.07) is 12.1. The maximum absolute atomic E-state index is 12.0. The van der Waals surface area contributed by atoms with Gasteiger partial charge in [-0.2, -0.15) is 0 Å². The van der Waals surface area contributed by atoms with E-state index in [0.29, 0.717) is 28.6 Å². The molecule has 0 atom stereocenters. The molecule has 0 saturated heterocycles. The summed E-state index contributed by atoms with van der Waals surface area (Å²) in [4.78, 5) is 24.0. The highest BCUT2D eigenvalue weighted by Gasteiger charge is 2.10. The zero-order valence-corrected chi connectivity index (χ0v) is 14.9. The van der Waals surface area contributed by atoms with E-state index in [0.717, 1.165) is 5.56 Å². The van der Waals surface area contributed by atoms with Crippen molar-refractivity contribution in [1.82, 2.24) is 5.32 Å². The van der Waals surface area contributed by atoms with Crippen LogP contribution in [-0.2, 0) is 11.3 Å². The number of Topliss-reactive ketones (excluding diaryl/α,β-unsaturated/α-hetero) is 1. The van der Waals surface area contributed by atoms with Gasteiger partial charge < -0.3 is 14.8 Å². The van der Waals surface area contributed by atoms with Crippen LogP contribution in [0.4, 0.5) is 0 Å². The number of nitrogens with one attached hydrogen (secondary N) is 1. The number of hydrogen-bond acceptors (Lipinski definition) is 4. The van der Waals surface area contributed by atoms with Gasteiger partial charge >= 0.3 is 0 Å². The van der Waals surface area contributed by atoms with Gasteiger partial charge in [-0.1, -0.05) is 17.7 Å². The van der Waals surface area contributed by atoms with Crippen molar-refractivity contribution >= 4 is 23.3 Å². The Bertz CT molecular complexity index is 744. The third kappa shape index (κ3) is 5.50. The number of rotatable bonds is 8. The van der Waals surface area contributed by atoms with E-state index in [1.165, 1.54) is 0 Å². The summed E-state index contributed by atoms with van der Waals surface area (Å²) in [6.07, 6.45) is 0.286. The molecule has 2 aromatic carbocycles. The number of ether oxygens (including phenoxy) is 2. The maximum Gasteiger partial charge on any atom is 0.220 e. The second-order valence-corrected chi connectivity index (χ2v) is 5.83. The fourth-order valence-corrected chi connectivity index (χ4v) is 2.41. The van der Waals surface area contributed by atoms with Crippen molar-refractivity contribution in [2.75, 3.05) is 14.2 Å². The lowest BCUT2D eigenvalue weighted by molar-refractivity contribution is -0.121. The monoisotopic (exact) mass is 361 g/mol. The van der Waals surface area contributed by atoms with E-state index in [-0.39, 0.29) is 24.5 Å². The number of carbonyl (C=O) groups is 2. The third-order valence-corrected chi connectivity index (χ3v) is 3.93. The van der Waals surface area contributed by atoms with E-state index in [1.54, 1.807) is 50.6 Å². The largest absolute Gasteiger partial charge is 0.493 e. The molecular weight excluding hydrogens is 342 g/mol. The molecule has 1 N–H and O–H groups in total. The molecule has 0 saturated carbocycles. The molecule has 0 aliphatic heterocycles. The molecular formula is C19H20ClNO4. The normalized spacial score (nSPS) is 10.2. The van der Waals surface area contributed by atoms with Crippen LogP contribution in [0.2, 0.25) is 5.02 Å². The Kier molecular flexibility index (Phi) is 6.83. The minimum absolute atomic E-state index is 0.0852. The van der Waals surface area contributed by atoms with Crippen molar-refractivity contribution < 1.29 is 19.1 Å². The van der Waals surface area contributed by atoms with Gasteiger partial charge in [-0.05, 0) is 42.0 Å². The average molecular weight is 362 g/mol. The van der Waals surface area contributed by atoms with E-state index >= 15 is 0 Å². The summed E-state index contributed by atoms with van der Waals surface area (Å²) in [5.41, 5.74) is 1.44. The summed E-state index contributed by atoms with van der Waals surface area (Å²) in [5, 5.41) is 3.37. The Morgan fingerprint density at radius 2 is 1.64 bits per heavy atom. The Balaban J connectivity index is 1.82. The lowest BCUT2D eigenvalue weighted by atomic mass is 10.1. The summed E-state index contributed by atoms with van der Waals surface area (Å²) < 4.78 is 10.4. The highest BCUT2D eigenvalue weighted by atomic mass is 35.5. The van der Waals surface area contributed by atoms with Crippen LogP contribution in [0.3, 0.4) is 0 Å². The molecule has 5 nitrogen and oxygen atoms in total. The Labute approximate surface area is 151 Å². The SMILES string of the molecule is COc1ccc(CNC(=O)CCC(=O)c2ccc(Cl)cc2)cc1OC. The third-order valence-electron chi connectivity index (χ3n) is 3.68. The summed E-state index contributed by atoms with van der Waals surface area (Å²) in [5.74, 6) is 0.966. The zero-order chi connectivity index (χ0) is 18.2. The molecule has 0 spiro atoms. The van der Waals surface area contributed by atoms with Gasteiger partial charge in [0.15, 0.2) is 17.3 Å². The Morgan fingerprint density at radius 1 is 0.960 bits per heavy atom. The summed E-state index contributed by atoms with van der Waals surface area (Å²) >= 11 is 5.79. The fraction of sp³-hybridized carbons (Fsp3) is 0.263. The Morgan fingerprint density at radius 3 is 2.28 bits per heavy atom. The molecule has 0 bridgehead atoms. The molecule has 2 aromatic rings. The van der Waals surface area contributed by atoms with Gasteiger partial charge in [0, 0.05) is 30.0 Å². The lowest BCUT2D eigenvalue weighted by Gasteiger charge is -2.10. The van der Waals surface area contributed by atoms with E-state index in [4.69, 9.17) is 21.1 Å². The summed E-state index contributed by atoms with van der Waals surface area (Å²) in [6.45, 7) is 0.355. The fourth-order valence-electron chi connectivity index (χ4n) is 2.29. The van der Waals surface area contributed by atoms with Gasteiger partial charge in [0.25, 0.3) is 0 Å². The first-order chi connectivity index (χ1) is 12.0. The second-order valence-electron chi connectivity index (χ2n) is 5.40. The molecule has 2 rings (SSSR count). The molecule has 6 heteroatoms. The van der Waals surface area contributed by atoms with Gasteiger partial charge in [-0.15, -0.1) is 0 Å². The van der Waals surface area contributed by atoms with Gasteiger partial charge in [0.2, 0.25) is 5.91 Å². The van der Waals surface area contributed by atoms with E-state index in [9.17, 15) is 9.59 Å². The van der Waals surface area contributed by atoms with Crippen LogP contribution >= 0.6 is 11.6 Å². The number of methoxy groups -OCH3 is 2. The van der Waals surface area contributed by atoms with Crippen molar-refractivity contribution in [2.24, 2.45) is 0 Å². The zero-order valence-electron chi connectivity index (χ0n) is 14.2. The number of amides is 1. The molecule has 0 fully saturated rings. The number of benzene rings is 2. The van der Waals surface area contributed by atoms with Crippen LogP contribution in [0.5, 0.6) is 11.5 Å². The standard InChI is InChI=1S/C19H20ClNO4/c1-24-17-9-3-13(11-18(17)25-2)12-21-19(23)10-8-16(22)14-4-6-15(20)7-5-14/h3-7,9,11H,8,10,12H2,1-2H3,(H,21,23). The molecule has 132 valence electrons. The van der Waals surface area contributed by atoms with Crippen LogP contribution in [0.25, 0.3) is 0 Å². The minimum atomic E-state index is -0.183. The average Bonchev–Trinajstić information content (AvgIpc) is 2.64. The smallest absolute Gasteiger partial charge is 0.220 e. The molecule has 0 unspecified atom stereocenters. The molecule has 0 heterocycles. The predicted octanol–water partition coefficient (Wildman–Crippen LogP) is 3.64.